The van der Waals surface area contributed by atoms with Crippen molar-refractivity contribution >= 4 is 11.8 Å². The number of amides is 2. The molecule has 1 heterocycles. The largest absolute Gasteiger partial charge is 0.504 e. The molecule has 1 saturated heterocycles. The first kappa shape index (κ1) is 17.6. The van der Waals surface area contributed by atoms with Crippen LogP contribution in [0.4, 0.5) is 0 Å². The zero-order valence-corrected chi connectivity index (χ0v) is 14.3. The lowest BCUT2D eigenvalue weighted by atomic mass is 10.1. The van der Waals surface area contributed by atoms with Crippen LogP contribution in [0.5, 0.6) is 17.2 Å². The first-order valence-corrected chi connectivity index (χ1v) is 8.27. The van der Waals surface area contributed by atoms with E-state index in [1.54, 1.807) is 15.9 Å². The van der Waals surface area contributed by atoms with Gasteiger partial charge in [0.25, 0.3) is 11.8 Å². The second-order valence-corrected chi connectivity index (χ2v) is 6.26. The molecule has 0 aliphatic carbocycles. The van der Waals surface area contributed by atoms with Gasteiger partial charge in [-0.25, -0.2) is 0 Å². The maximum Gasteiger partial charge on any atom is 0.254 e. The summed E-state index contributed by atoms with van der Waals surface area (Å²) in [6, 6.07) is 9.60. The van der Waals surface area contributed by atoms with E-state index >= 15 is 0 Å². The fraction of sp³-hybridized carbons (Fsp3) is 0.263. The molecule has 7 heteroatoms. The number of piperazine rings is 1. The molecule has 1 aliphatic rings. The Morgan fingerprint density at radius 3 is 1.88 bits per heavy atom. The number of nitrogens with zero attached hydrogens (tertiary/aromatic N) is 2. The standard InChI is InChI=1S/C19H20N2O5/c1-12-4-2-3-5-14(12)19(26)21-8-6-20(7-9-21)18(25)13-10-15(22)17(24)16(23)11-13/h2-5,10-11,22-24H,6-9H2,1H3. The van der Waals surface area contributed by atoms with E-state index in [0.29, 0.717) is 31.7 Å². The van der Waals surface area contributed by atoms with Gasteiger partial charge in [0, 0.05) is 37.3 Å². The van der Waals surface area contributed by atoms with Gasteiger partial charge in [-0.05, 0) is 30.7 Å². The number of aryl methyl sites for hydroxylation is 1. The van der Waals surface area contributed by atoms with E-state index in [1.165, 1.54) is 0 Å². The normalized spacial score (nSPS) is 14.3. The quantitative estimate of drug-likeness (QED) is 0.711. The summed E-state index contributed by atoms with van der Waals surface area (Å²) in [7, 11) is 0. The van der Waals surface area contributed by atoms with E-state index in [0.717, 1.165) is 17.7 Å². The maximum absolute atomic E-state index is 12.6. The van der Waals surface area contributed by atoms with Crippen LogP contribution in [-0.4, -0.2) is 63.1 Å². The van der Waals surface area contributed by atoms with E-state index < -0.39 is 17.2 Å². The minimum Gasteiger partial charge on any atom is -0.504 e. The molecule has 0 aromatic heterocycles. The molecule has 0 saturated carbocycles. The van der Waals surface area contributed by atoms with Gasteiger partial charge in [-0.3, -0.25) is 9.59 Å². The Labute approximate surface area is 150 Å². The summed E-state index contributed by atoms with van der Waals surface area (Å²) in [5, 5.41) is 28.5. The Kier molecular flexibility index (Phi) is 4.71. The molecule has 136 valence electrons. The van der Waals surface area contributed by atoms with Gasteiger partial charge in [0.2, 0.25) is 0 Å². The molecule has 26 heavy (non-hydrogen) atoms. The molecule has 1 fully saturated rings. The molecule has 3 rings (SSSR count). The van der Waals surface area contributed by atoms with Gasteiger partial charge >= 0.3 is 0 Å². The number of carbonyl (C=O) groups excluding carboxylic acids is 2. The van der Waals surface area contributed by atoms with E-state index in [9.17, 15) is 24.9 Å². The highest BCUT2D eigenvalue weighted by Gasteiger charge is 2.27. The third-order valence-electron chi connectivity index (χ3n) is 4.55. The summed E-state index contributed by atoms with van der Waals surface area (Å²) < 4.78 is 0. The number of rotatable bonds is 2. The minimum absolute atomic E-state index is 0.0601. The smallest absolute Gasteiger partial charge is 0.254 e. The Morgan fingerprint density at radius 1 is 0.846 bits per heavy atom. The van der Waals surface area contributed by atoms with Crippen molar-refractivity contribution in [3.8, 4) is 17.2 Å². The third-order valence-corrected chi connectivity index (χ3v) is 4.55. The maximum atomic E-state index is 12.6. The molecule has 0 unspecified atom stereocenters. The number of benzene rings is 2. The summed E-state index contributed by atoms with van der Waals surface area (Å²) in [5.74, 6) is -2.20. The second kappa shape index (κ2) is 6.95. The van der Waals surface area contributed by atoms with Crippen molar-refractivity contribution in [1.29, 1.82) is 0 Å². The molecule has 1 aliphatic heterocycles. The summed E-state index contributed by atoms with van der Waals surface area (Å²) in [5.41, 5.74) is 1.64. The van der Waals surface area contributed by atoms with Crippen molar-refractivity contribution in [3.63, 3.8) is 0 Å². The first-order valence-electron chi connectivity index (χ1n) is 8.27. The van der Waals surface area contributed by atoms with Crippen molar-refractivity contribution in [2.45, 2.75) is 6.92 Å². The molecule has 3 N–H and O–H groups in total. The van der Waals surface area contributed by atoms with Gasteiger partial charge in [0.05, 0.1) is 0 Å². The molecule has 0 spiro atoms. The number of phenolic OH excluding ortho intramolecular Hbond substituents is 3. The van der Waals surface area contributed by atoms with Crippen LogP contribution in [0.1, 0.15) is 26.3 Å². The highest BCUT2D eigenvalue weighted by Crippen LogP contribution is 2.35. The Bertz CT molecular complexity index is 834. The lowest BCUT2D eigenvalue weighted by Crippen LogP contribution is -2.50. The van der Waals surface area contributed by atoms with Gasteiger partial charge in [0.15, 0.2) is 17.2 Å². The molecular weight excluding hydrogens is 336 g/mol. The van der Waals surface area contributed by atoms with E-state index in [1.807, 2.05) is 25.1 Å². The van der Waals surface area contributed by atoms with Crippen molar-refractivity contribution in [1.82, 2.24) is 9.80 Å². The fourth-order valence-corrected chi connectivity index (χ4v) is 3.01. The average Bonchev–Trinajstić information content (AvgIpc) is 2.65. The number of aromatic hydroxyl groups is 3. The number of carbonyl (C=O) groups is 2. The number of hydrogen-bond acceptors (Lipinski definition) is 5. The van der Waals surface area contributed by atoms with E-state index in [-0.39, 0.29) is 17.4 Å². The summed E-state index contributed by atoms with van der Waals surface area (Å²) in [6.45, 7) is 3.37. The Morgan fingerprint density at radius 2 is 1.35 bits per heavy atom. The fourth-order valence-electron chi connectivity index (χ4n) is 3.01. The topological polar surface area (TPSA) is 101 Å². The average molecular weight is 356 g/mol. The van der Waals surface area contributed by atoms with Crippen LogP contribution in [-0.2, 0) is 0 Å². The molecule has 7 nitrogen and oxygen atoms in total. The number of hydrogen-bond donors (Lipinski definition) is 3. The molecular formula is C19H20N2O5. The predicted octanol–water partition coefficient (Wildman–Crippen LogP) is 1.71. The van der Waals surface area contributed by atoms with Gasteiger partial charge in [-0.2, -0.15) is 0 Å². The van der Waals surface area contributed by atoms with Crippen molar-refractivity contribution in [3.05, 3.63) is 53.1 Å². The van der Waals surface area contributed by atoms with Gasteiger partial charge in [-0.15, -0.1) is 0 Å². The lowest BCUT2D eigenvalue weighted by molar-refractivity contribution is 0.0534. The third kappa shape index (κ3) is 3.28. The monoisotopic (exact) mass is 356 g/mol. The first-order chi connectivity index (χ1) is 12.4. The van der Waals surface area contributed by atoms with Crippen LogP contribution < -0.4 is 0 Å². The van der Waals surface area contributed by atoms with E-state index in [2.05, 4.69) is 0 Å². The van der Waals surface area contributed by atoms with Crippen LogP contribution >= 0.6 is 0 Å². The lowest BCUT2D eigenvalue weighted by Gasteiger charge is -2.35. The van der Waals surface area contributed by atoms with Crippen molar-refractivity contribution < 1.29 is 24.9 Å². The highest BCUT2D eigenvalue weighted by atomic mass is 16.3. The zero-order valence-electron chi connectivity index (χ0n) is 14.3. The Hall–Kier alpha value is -3.22. The molecule has 2 aromatic carbocycles. The second-order valence-electron chi connectivity index (χ2n) is 6.26. The van der Waals surface area contributed by atoms with Gasteiger partial charge in [0.1, 0.15) is 0 Å². The molecule has 0 bridgehead atoms. The van der Waals surface area contributed by atoms with Crippen LogP contribution in [0.3, 0.4) is 0 Å². The van der Waals surface area contributed by atoms with Crippen LogP contribution in [0.25, 0.3) is 0 Å². The van der Waals surface area contributed by atoms with Crippen LogP contribution in [0, 0.1) is 6.92 Å². The summed E-state index contributed by atoms with van der Waals surface area (Å²) >= 11 is 0. The molecule has 0 atom stereocenters. The van der Waals surface area contributed by atoms with Gasteiger partial charge in [-0.1, -0.05) is 18.2 Å². The van der Waals surface area contributed by atoms with E-state index in [4.69, 9.17) is 0 Å². The van der Waals surface area contributed by atoms with Crippen LogP contribution in [0.2, 0.25) is 0 Å². The van der Waals surface area contributed by atoms with Crippen molar-refractivity contribution in [2.75, 3.05) is 26.2 Å². The predicted molar refractivity (Wildman–Crippen MR) is 94.4 cm³/mol. The zero-order chi connectivity index (χ0) is 18.8. The molecule has 0 radical (unpaired) electrons. The molecule has 2 amide bonds. The Balaban J connectivity index is 1.68. The summed E-state index contributed by atoms with van der Waals surface area (Å²) in [4.78, 5) is 28.4. The number of phenols is 3. The highest BCUT2D eigenvalue weighted by molar-refractivity contribution is 5.97. The minimum atomic E-state index is -0.657. The SMILES string of the molecule is Cc1ccccc1C(=O)N1CCN(C(=O)c2cc(O)c(O)c(O)c2)CC1. The summed E-state index contributed by atoms with van der Waals surface area (Å²) in [6.07, 6.45) is 0. The van der Waals surface area contributed by atoms with Gasteiger partial charge < -0.3 is 25.1 Å². The molecule has 2 aromatic rings. The van der Waals surface area contributed by atoms with Crippen molar-refractivity contribution in [2.24, 2.45) is 0 Å². The van der Waals surface area contributed by atoms with Crippen LogP contribution in [0.15, 0.2) is 36.4 Å².